The molecular weight excluding hydrogens is 1020 g/mol. The highest BCUT2D eigenvalue weighted by Gasteiger charge is 2.24. The van der Waals surface area contributed by atoms with E-state index in [-0.39, 0.29) is 0 Å². The van der Waals surface area contributed by atoms with E-state index in [9.17, 15) is 0 Å². The molecule has 4 nitrogen and oxygen atoms in total. The molecule has 7 aromatic heterocycles. The number of rotatable bonds is 18. The molecule has 61 heavy (non-hydrogen) atoms. The quantitative estimate of drug-likeness (QED) is 0.0859. The monoisotopic (exact) mass is 1060 g/mol. The van der Waals surface area contributed by atoms with Gasteiger partial charge in [-0.1, -0.05) is 103 Å². The smallest absolute Gasteiger partial charge is 0.114 e. The van der Waals surface area contributed by atoms with E-state index in [1.807, 2.05) is 22.7 Å². The highest BCUT2D eigenvalue weighted by Crippen LogP contribution is 2.49. The predicted molar refractivity (Wildman–Crippen MR) is 280 cm³/mol. The Kier molecular flexibility index (Phi) is 14.2. The lowest BCUT2D eigenvalue weighted by Crippen LogP contribution is -2.03. The first-order chi connectivity index (χ1) is 29.8. The summed E-state index contributed by atoms with van der Waals surface area (Å²) in [5.74, 6) is 1.33. The number of aromatic nitrogens is 4. The Balaban J connectivity index is 1.06. The van der Waals surface area contributed by atoms with Crippen LogP contribution < -0.4 is 0 Å². The average Bonchev–Trinajstić information content (AvgIpc) is 4.13. The number of thiophene rings is 5. The number of halogens is 2. The van der Waals surface area contributed by atoms with Gasteiger partial charge >= 0.3 is 0 Å². The molecule has 0 bridgehead atoms. The molecule has 0 aliphatic heterocycles. The van der Waals surface area contributed by atoms with Crippen molar-refractivity contribution in [2.24, 2.45) is 11.8 Å². The molecule has 9 aromatic rings. The van der Waals surface area contributed by atoms with E-state index in [0.29, 0.717) is 11.8 Å². The Hall–Kier alpha value is -2.46. The minimum Gasteiger partial charge on any atom is -0.172 e. The van der Waals surface area contributed by atoms with Crippen LogP contribution in [0, 0.1) is 11.8 Å². The SMILES string of the molecule is CCCCC(CC)Cc1cc(-c2ccc(Br)s2)sc1-c1ccc(-c2ccc(-c3ccc(-c4sc(-c5ccc(Br)s5)cc4CC(CC)CCCC)c4nsnc34)s2)c2nsnc12. The van der Waals surface area contributed by atoms with Gasteiger partial charge in [0.25, 0.3) is 0 Å². The van der Waals surface area contributed by atoms with Gasteiger partial charge in [-0.15, -0.1) is 56.7 Å². The van der Waals surface area contributed by atoms with Crippen molar-refractivity contribution < 1.29 is 0 Å². The van der Waals surface area contributed by atoms with Crippen molar-refractivity contribution in [1.29, 1.82) is 0 Å². The van der Waals surface area contributed by atoms with E-state index < -0.39 is 0 Å². The van der Waals surface area contributed by atoms with Crippen molar-refractivity contribution in [2.75, 3.05) is 0 Å². The maximum Gasteiger partial charge on any atom is 0.114 e. The fourth-order valence-corrected chi connectivity index (χ4v) is 16.0. The van der Waals surface area contributed by atoms with Gasteiger partial charge in [0.1, 0.15) is 22.1 Å². The molecule has 0 amide bonds. The first-order valence-electron chi connectivity index (χ1n) is 21.2. The summed E-state index contributed by atoms with van der Waals surface area (Å²) in [6.45, 7) is 9.29. The molecular formula is C48H46Br2N4S7. The fourth-order valence-electron chi connectivity index (χ4n) is 8.39. The topological polar surface area (TPSA) is 51.6 Å². The number of benzene rings is 2. The molecule has 2 atom stereocenters. The van der Waals surface area contributed by atoms with Crippen molar-refractivity contribution in [3.63, 3.8) is 0 Å². The van der Waals surface area contributed by atoms with Crippen molar-refractivity contribution in [1.82, 2.24) is 17.5 Å². The van der Waals surface area contributed by atoms with E-state index in [1.165, 1.54) is 136 Å². The van der Waals surface area contributed by atoms with Crippen molar-refractivity contribution in [3.05, 3.63) is 91.5 Å². The predicted octanol–water partition coefficient (Wildman–Crippen LogP) is 19.0. The zero-order valence-corrected chi connectivity index (χ0v) is 43.4. The molecule has 13 heteroatoms. The molecule has 9 rings (SSSR count). The third-order valence-electron chi connectivity index (χ3n) is 11.8. The molecule has 0 saturated heterocycles. The Morgan fingerprint density at radius 2 is 0.836 bits per heavy atom. The van der Waals surface area contributed by atoms with Gasteiger partial charge in [-0.05, 0) is 116 Å². The normalized spacial score (nSPS) is 13.0. The summed E-state index contributed by atoms with van der Waals surface area (Å²) in [5, 5.41) is 0. The van der Waals surface area contributed by atoms with Gasteiger partial charge in [0.05, 0.1) is 31.0 Å². The van der Waals surface area contributed by atoms with Crippen LogP contribution >= 0.6 is 112 Å². The van der Waals surface area contributed by atoms with Crippen molar-refractivity contribution in [2.45, 2.75) is 91.9 Å². The largest absolute Gasteiger partial charge is 0.172 e. The number of nitrogens with zero attached hydrogens (tertiary/aromatic N) is 4. The second-order valence-corrected chi connectivity index (χ2v) is 25.0. The van der Waals surface area contributed by atoms with Crippen molar-refractivity contribution in [3.8, 4) is 61.3 Å². The summed E-state index contributed by atoms with van der Waals surface area (Å²) in [7, 11) is 0. The Bertz CT molecular complexity index is 2710. The van der Waals surface area contributed by atoms with Gasteiger partial charge in [-0.3, -0.25) is 0 Å². The third kappa shape index (κ3) is 9.25. The zero-order chi connectivity index (χ0) is 42.0. The van der Waals surface area contributed by atoms with Gasteiger partial charge < -0.3 is 0 Å². The first kappa shape index (κ1) is 43.8. The Morgan fingerprint density at radius 3 is 1.21 bits per heavy atom. The molecule has 0 radical (unpaired) electrons. The van der Waals surface area contributed by atoms with Crippen LogP contribution in [-0.2, 0) is 12.8 Å². The Morgan fingerprint density at radius 1 is 0.443 bits per heavy atom. The van der Waals surface area contributed by atoms with Crippen LogP contribution in [-0.4, -0.2) is 17.5 Å². The number of hydrogen-bond donors (Lipinski definition) is 0. The minimum absolute atomic E-state index is 0.667. The van der Waals surface area contributed by atoms with Crippen LogP contribution in [0.4, 0.5) is 0 Å². The van der Waals surface area contributed by atoms with Crippen LogP contribution in [0.25, 0.3) is 83.3 Å². The molecule has 2 aromatic carbocycles. The van der Waals surface area contributed by atoms with Gasteiger partial charge in [0, 0.05) is 61.3 Å². The number of fused-ring (bicyclic) bond motifs is 2. The highest BCUT2D eigenvalue weighted by atomic mass is 79.9. The van der Waals surface area contributed by atoms with Crippen LogP contribution in [0.15, 0.2) is 80.4 Å². The second kappa shape index (κ2) is 19.7. The van der Waals surface area contributed by atoms with E-state index in [1.54, 1.807) is 34.0 Å². The number of unbranched alkanes of at least 4 members (excludes halogenated alkanes) is 2. The minimum atomic E-state index is 0.667. The summed E-state index contributed by atoms with van der Waals surface area (Å²) in [6, 6.07) is 27.4. The van der Waals surface area contributed by atoms with Crippen LogP contribution in [0.2, 0.25) is 0 Å². The fraction of sp³-hybridized carbons (Fsp3) is 0.333. The molecule has 0 saturated carbocycles. The molecule has 0 spiro atoms. The molecule has 0 fully saturated rings. The lowest BCUT2D eigenvalue weighted by molar-refractivity contribution is 0.450. The summed E-state index contributed by atoms with van der Waals surface area (Å²) in [4.78, 5) is 10.3. The molecule has 314 valence electrons. The maximum absolute atomic E-state index is 4.98. The van der Waals surface area contributed by atoms with Gasteiger partial charge in [-0.2, -0.15) is 17.5 Å². The molecule has 0 N–H and O–H groups in total. The summed E-state index contributed by atoms with van der Waals surface area (Å²) in [5.41, 5.74) is 11.5. The van der Waals surface area contributed by atoms with Crippen LogP contribution in [0.1, 0.15) is 90.2 Å². The van der Waals surface area contributed by atoms with Crippen LogP contribution in [0.3, 0.4) is 0 Å². The first-order valence-corrected chi connectivity index (χ1v) is 28.4. The lowest BCUT2D eigenvalue weighted by Gasteiger charge is -2.15. The number of hydrogen-bond acceptors (Lipinski definition) is 11. The standard InChI is InChI=1S/C48H46Br2N4S7/c1-5-9-11-27(7-3)23-29-25-39(37-19-21-41(49)56-37)58-47(29)33-15-13-31(43-45(33)53-60-51-43)35-17-18-36(55-35)32-14-16-34(46-44(32)52-61-54-46)48-30(24-28(8-4)12-10-6-2)26-40(59-48)38-20-22-42(50)57-38/h13-22,25-28H,5-12,23-24H2,1-4H3. The van der Waals surface area contributed by atoms with Crippen LogP contribution in [0.5, 0.6) is 0 Å². The van der Waals surface area contributed by atoms with Gasteiger partial charge in [0.15, 0.2) is 0 Å². The average molecular weight is 1060 g/mol. The van der Waals surface area contributed by atoms with E-state index >= 15 is 0 Å². The Labute approximate surface area is 404 Å². The highest BCUT2D eigenvalue weighted by molar-refractivity contribution is 9.11. The summed E-state index contributed by atoms with van der Waals surface area (Å²) >= 11 is 19.3. The van der Waals surface area contributed by atoms with E-state index in [0.717, 1.165) is 53.6 Å². The van der Waals surface area contributed by atoms with E-state index in [2.05, 4.69) is 132 Å². The van der Waals surface area contributed by atoms with E-state index in [4.69, 9.17) is 17.5 Å². The molecule has 0 aliphatic rings. The summed E-state index contributed by atoms with van der Waals surface area (Å²) in [6.07, 6.45) is 12.1. The molecule has 2 unspecified atom stereocenters. The third-order valence-corrected chi connectivity index (χ3v) is 20.1. The zero-order valence-electron chi connectivity index (χ0n) is 34.6. The molecule has 0 aliphatic carbocycles. The molecule has 7 heterocycles. The lowest BCUT2D eigenvalue weighted by atomic mass is 9.91. The van der Waals surface area contributed by atoms with Gasteiger partial charge in [0.2, 0.25) is 0 Å². The van der Waals surface area contributed by atoms with Crippen molar-refractivity contribution >= 4 is 134 Å². The maximum atomic E-state index is 4.98. The second-order valence-electron chi connectivity index (χ2n) is 15.8. The van der Waals surface area contributed by atoms with Gasteiger partial charge in [-0.25, -0.2) is 0 Å². The summed E-state index contributed by atoms with van der Waals surface area (Å²) < 4.78 is 22.2.